The summed E-state index contributed by atoms with van der Waals surface area (Å²) in [4.78, 5) is 25.4. The highest BCUT2D eigenvalue weighted by molar-refractivity contribution is 9.10. The summed E-state index contributed by atoms with van der Waals surface area (Å²) in [5.41, 5.74) is 1.92. The minimum Gasteiger partial charge on any atom is -0.493 e. The lowest BCUT2D eigenvalue weighted by Crippen LogP contribution is -2.27. The molecule has 0 N–H and O–H groups in total. The molecule has 0 bridgehead atoms. The molecule has 11 heteroatoms. The highest BCUT2D eigenvalue weighted by atomic mass is 79.9. The third-order valence-corrected chi connectivity index (χ3v) is 7.36. The molecule has 1 heterocycles. The van der Waals surface area contributed by atoms with Crippen LogP contribution in [-0.2, 0) is 11.4 Å². The van der Waals surface area contributed by atoms with Gasteiger partial charge in [-0.05, 0) is 63.5 Å². The number of non-ortho nitro benzene ring substituents is 1. The number of amides is 1. The van der Waals surface area contributed by atoms with Crippen LogP contribution in [0.2, 0.25) is 0 Å². The average molecular weight is 636 g/mol. The summed E-state index contributed by atoms with van der Waals surface area (Å²) in [6.45, 7) is 0.351. The first-order chi connectivity index (χ1) is 16.8. The number of thioether (sulfide) groups is 1. The van der Waals surface area contributed by atoms with Gasteiger partial charge in [0.1, 0.15) is 6.61 Å². The molecule has 0 radical (unpaired) electrons. The Kier molecular flexibility index (Phi) is 7.90. The summed E-state index contributed by atoms with van der Waals surface area (Å²) >= 11 is 13.5. The number of carbonyl (C=O) groups excluding carboxylic acids is 1. The fourth-order valence-electron chi connectivity index (χ4n) is 3.29. The van der Waals surface area contributed by atoms with Crippen molar-refractivity contribution >= 4 is 83.5 Å². The van der Waals surface area contributed by atoms with E-state index >= 15 is 0 Å². The number of benzene rings is 3. The maximum absolute atomic E-state index is 13.1. The van der Waals surface area contributed by atoms with Crippen molar-refractivity contribution in [3.8, 4) is 11.5 Å². The number of hydrogen-bond donors (Lipinski definition) is 0. The molecular weight excluding hydrogens is 620 g/mol. The molecule has 1 amide bonds. The number of anilines is 1. The Morgan fingerprint density at radius 1 is 1.14 bits per heavy atom. The molecule has 1 saturated heterocycles. The van der Waals surface area contributed by atoms with Crippen LogP contribution in [-0.4, -0.2) is 22.3 Å². The zero-order chi connectivity index (χ0) is 25.1. The van der Waals surface area contributed by atoms with Crippen molar-refractivity contribution in [2.24, 2.45) is 0 Å². The Morgan fingerprint density at radius 2 is 1.89 bits per heavy atom. The SMILES string of the molecule is COc1cc(/C=C2\SC(=S)N(c3cccc([N+](=O)[O-])c3)C2=O)cc(Br)c1OCc1ccc(Br)cc1. The molecule has 3 aromatic rings. The summed E-state index contributed by atoms with van der Waals surface area (Å²) in [5.74, 6) is 0.680. The van der Waals surface area contributed by atoms with Crippen molar-refractivity contribution in [1.29, 1.82) is 0 Å². The molecule has 35 heavy (non-hydrogen) atoms. The summed E-state index contributed by atoms with van der Waals surface area (Å²) in [7, 11) is 1.54. The van der Waals surface area contributed by atoms with E-state index in [-0.39, 0.29) is 11.6 Å². The summed E-state index contributed by atoms with van der Waals surface area (Å²) in [5, 5.41) is 11.1. The van der Waals surface area contributed by atoms with Crippen LogP contribution in [0.15, 0.2) is 74.5 Å². The fourth-order valence-corrected chi connectivity index (χ4v) is 5.42. The zero-order valence-electron chi connectivity index (χ0n) is 18.1. The van der Waals surface area contributed by atoms with Crippen molar-refractivity contribution in [2.75, 3.05) is 12.0 Å². The molecule has 1 fully saturated rings. The Labute approximate surface area is 227 Å². The highest BCUT2D eigenvalue weighted by Crippen LogP contribution is 2.40. The van der Waals surface area contributed by atoms with Crippen molar-refractivity contribution in [3.63, 3.8) is 0 Å². The molecular formula is C24H16Br2N2O5S2. The first-order valence-corrected chi connectivity index (χ1v) is 12.8. The monoisotopic (exact) mass is 634 g/mol. The van der Waals surface area contributed by atoms with Crippen molar-refractivity contribution in [1.82, 2.24) is 0 Å². The quantitative estimate of drug-likeness (QED) is 0.118. The molecule has 0 aliphatic carbocycles. The molecule has 0 saturated carbocycles. The number of hydrogen-bond acceptors (Lipinski definition) is 7. The second kappa shape index (κ2) is 10.9. The predicted octanol–water partition coefficient (Wildman–Crippen LogP) is 7.11. The number of carbonyl (C=O) groups is 1. The first-order valence-electron chi connectivity index (χ1n) is 10.0. The topological polar surface area (TPSA) is 81.9 Å². The molecule has 178 valence electrons. The van der Waals surface area contributed by atoms with Gasteiger partial charge in [0.2, 0.25) is 0 Å². The van der Waals surface area contributed by atoms with Gasteiger partial charge in [0.25, 0.3) is 11.6 Å². The number of nitrogens with zero attached hydrogens (tertiary/aromatic N) is 2. The third kappa shape index (κ3) is 5.75. The van der Waals surface area contributed by atoms with Gasteiger partial charge in [-0.25, -0.2) is 0 Å². The van der Waals surface area contributed by atoms with Crippen LogP contribution in [0.5, 0.6) is 11.5 Å². The number of nitro groups is 1. The van der Waals surface area contributed by atoms with Crippen molar-refractivity contribution in [2.45, 2.75) is 6.61 Å². The van der Waals surface area contributed by atoms with Crippen LogP contribution in [0.25, 0.3) is 6.08 Å². The van der Waals surface area contributed by atoms with Gasteiger partial charge in [-0.3, -0.25) is 19.8 Å². The Balaban J connectivity index is 1.58. The Morgan fingerprint density at radius 3 is 2.57 bits per heavy atom. The number of methoxy groups -OCH3 is 1. The van der Waals surface area contributed by atoms with E-state index in [0.29, 0.717) is 43.1 Å². The molecule has 0 atom stereocenters. The van der Waals surface area contributed by atoms with Gasteiger partial charge in [0.15, 0.2) is 15.8 Å². The van der Waals surface area contributed by atoms with Gasteiger partial charge in [-0.15, -0.1) is 0 Å². The largest absolute Gasteiger partial charge is 0.493 e. The first kappa shape index (κ1) is 25.4. The second-order valence-corrected chi connectivity index (χ2v) is 10.7. The molecule has 0 unspecified atom stereocenters. The summed E-state index contributed by atoms with van der Waals surface area (Å²) < 4.78 is 13.5. The lowest BCUT2D eigenvalue weighted by Gasteiger charge is -2.14. The molecule has 1 aliphatic heterocycles. The van der Waals surface area contributed by atoms with Crippen LogP contribution in [0.4, 0.5) is 11.4 Å². The van der Waals surface area contributed by atoms with Crippen LogP contribution in [0, 0.1) is 10.1 Å². The van der Waals surface area contributed by atoms with Crippen LogP contribution in [0.1, 0.15) is 11.1 Å². The lowest BCUT2D eigenvalue weighted by molar-refractivity contribution is -0.384. The van der Waals surface area contributed by atoms with Gasteiger partial charge in [-0.2, -0.15) is 0 Å². The van der Waals surface area contributed by atoms with E-state index in [9.17, 15) is 14.9 Å². The lowest BCUT2D eigenvalue weighted by atomic mass is 10.1. The molecule has 3 aromatic carbocycles. The normalized spacial score (nSPS) is 14.5. The van der Waals surface area contributed by atoms with Gasteiger partial charge >= 0.3 is 0 Å². The van der Waals surface area contributed by atoms with Gasteiger partial charge in [0, 0.05) is 16.6 Å². The van der Waals surface area contributed by atoms with E-state index in [0.717, 1.165) is 21.8 Å². The van der Waals surface area contributed by atoms with Crippen LogP contribution in [0.3, 0.4) is 0 Å². The van der Waals surface area contributed by atoms with Crippen LogP contribution < -0.4 is 14.4 Å². The number of thiocarbonyl (C=S) groups is 1. The average Bonchev–Trinajstić information content (AvgIpc) is 3.11. The fraction of sp³-hybridized carbons (Fsp3) is 0.0833. The molecule has 7 nitrogen and oxygen atoms in total. The van der Waals surface area contributed by atoms with Gasteiger partial charge < -0.3 is 9.47 Å². The van der Waals surface area contributed by atoms with E-state index in [1.807, 2.05) is 30.3 Å². The highest BCUT2D eigenvalue weighted by Gasteiger charge is 2.34. The maximum Gasteiger partial charge on any atom is 0.271 e. The molecule has 0 aromatic heterocycles. The van der Waals surface area contributed by atoms with E-state index < -0.39 is 4.92 Å². The van der Waals surface area contributed by atoms with Crippen LogP contribution >= 0.6 is 55.8 Å². The zero-order valence-corrected chi connectivity index (χ0v) is 22.9. The molecule has 4 rings (SSSR count). The molecule has 1 aliphatic rings. The van der Waals surface area contributed by atoms with Crippen molar-refractivity contribution in [3.05, 3.63) is 95.8 Å². The van der Waals surface area contributed by atoms with E-state index in [4.69, 9.17) is 21.7 Å². The maximum atomic E-state index is 13.1. The summed E-state index contributed by atoms with van der Waals surface area (Å²) in [6, 6.07) is 17.2. The molecule has 0 spiro atoms. The van der Waals surface area contributed by atoms with E-state index in [1.165, 1.54) is 23.1 Å². The standard InChI is InChI=1S/C24H16Br2N2O5S2/c1-32-20-10-15(9-19(26)22(20)33-13-14-5-7-16(25)8-6-14)11-21-23(29)27(24(34)35-21)17-3-2-4-18(12-17)28(30)31/h2-12H,13H2,1H3/b21-11-. The minimum atomic E-state index is -0.513. The number of halogens is 2. The van der Waals surface area contributed by atoms with Gasteiger partial charge in [-0.1, -0.05) is 58.1 Å². The van der Waals surface area contributed by atoms with E-state index in [2.05, 4.69) is 31.9 Å². The minimum absolute atomic E-state index is 0.118. The third-order valence-electron chi connectivity index (χ3n) is 4.94. The Bertz CT molecular complexity index is 1360. The Hall–Kier alpha value is -2.73. The number of ether oxygens (including phenoxy) is 2. The predicted molar refractivity (Wildman–Crippen MR) is 148 cm³/mol. The second-order valence-electron chi connectivity index (χ2n) is 7.24. The smallest absolute Gasteiger partial charge is 0.271 e. The van der Waals surface area contributed by atoms with Crippen molar-refractivity contribution < 1.29 is 19.2 Å². The number of rotatable bonds is 7. The van der Waals surface area contributed by atoms with Gasteiger partial charge in [0.05, 0.1) is 27.1 Å². The van der Waals surface area contributed by atoms with E-state index in [1.54, 1.807) is 25.3 Å². The number of nitro benzene ring substituents is 1. The summed E-state index contributed by atoms with van der Waals surface area (Å²) in [6.07, 6.45) is 1.70.